The number of aryl methyl sites for hydroxylation is 1. The van der Waals surface area contributed by atoms with E-state index >= 15 is 0 Å². The number of pyridine rings is 1. The van der Waals surface area contributed by atoms with Crippen molar-refractivity contribution in [3.05, 3.63) is 35.8 Å². The average molecular weight is 289 g/mol. The topological polar surface area (TPSA) is 64.3 Å². The summed E-state index contributed by atoms with van der Waals surface area (Å²) in [5.41, 5.74) is 1.99. The summed E-state index contributed by atoms with van der Waals surface area (Å²) >= 11 is 1.52. The first-order valence-corrected chi connectivity index (χ1v) is 7.21. The van der Waals surface area contributed by atoms with Crippen molar-refractivity contribution in [2.45, 2.75) is 20.4 Å². The predicted molar refractivity (Wildman–Crippen MR) is 78.3 cm³/mol. The summed E-state index contributed by atoms with van der Waals surface area (Å²) in [5, 5.41) is 8.54. The van der Waals surface area contributed by atoms with Crippen LogP contribution in [0.4, 0.5) is 5.13 Å². The van der Waals surface area contributed by atoms with Crippen LogP contribution in [-0.2, 0) is 6.54 Å². The molecule has 0 aliphatic carbocycles. The first kappa shape index (κ1) is 12.9. The number of nitrogens with zero attached hydrogens (tertiary/aromatic N) is 4. The first-order chi connectivity index (χ1) is 9.76. The molecule has 0 amide bonds. The summed E-state index contributed by atoms with van der Waals surface area (Å²) < 4.78 is 7.29. The fourth-order valence-electron chi connectivity index (χ4n) is 1.88. The van der Waals surface area contributed by atoms with E-state index in [9.17, 15) is 0 Å². The van der Waals surface area contributed by atoms with Gasteiger partial charge < -0.3 is 10.1 Å². The summed E-state index contributed by atoms with van der Waals surface area (Å²) in [6, 6.07) is 3.89. The Balaban J connectivity index is 1.73. The van der Waals surface area contributed by atoms with Crippen LogP contribution in [0.5, 0.6) is 5.88 Å². The standard InChI is InChI=1S/C13H15N5OS/c1-3-19-11-10(5-4-6-14-11)7-15-12-17-18-8-9(2)16-13(18)20-12/h4-6,8H,3,7H2,1-2H3,(H,15,17). The second-order valence-corrected chi connectivity index (χ2v) is 5.23. The van der Waals surface area contributed by atoms with Crippen LogP contribution < -0.4 is 10.1 Å². The van der Waals surface area contributed by atoms with Gasteiger partial charge in [0.05, 0.1) is 18.5 Å². The number of imidazole rings is 1. The normalized spacial score (nSPS) is 10.9. The minimum absolute atomic E-state index is 0.606. The third kappa shape index (κ3) is 2.57. The van der Waals surface area contributed by atoms with Crippen molar-refractivity contribution in [1.29, 1.82) is 0 Å². The van der Waals surface area contributed by atoms with Gasteiger partial charge in [-0.2, -0.15) is 0 Å². The van der Waals surface area contributed by atoms with Crippen LogP contribution in [0.25, 0.3) is 4.96 Å². The van der Waals surface area contributed by atoms with E-state index in [0.29, 0.717) is 19.0 Å². The van der Waals surface area contributed by atoms with Crippen LogP contribution in [0, 0.1) is 6.92 Å². The van der Waals surface area contributed by atoms with Crippen molar-refractivity contribution in [3.8, 4) is 5.88 Å². The lowest BCUT2D eigenvalue weighted by Gasteiger charge is -2.08. The molecule has 0 aliphatic rings. The second kappa shape index (κ2) is 5.46. The SMILES string of the molecule is CCOc1ncccc1CNc1nn2cc(C)nc2s1. The number of aromatic nitrogens is 4. The van der Waals surface area contributed by atoms with Gasteiger partial charge in [-0.05, 0) is 19.9 Å². The van der Waals surface area contributed by atoms with Crippen molar-refractivity contribution in [2.75, 3.05) is 11.9 Å². The molecule has 0 saturated carbocycles. The van der Waals surface area contributed by atoms with Gasteiger partial charge in [-0.15, -0.1) is 5.10 Å². The molecule has 0 bridgehead atoms. The number of ether oxygens (including phenoxy) is 1. The Morgan fingerprint density at radius 2 is 2.35 bits per heavy atom. The van der Waals surface area contributed by atoms with Crippen LogP contribution >= 0.6 is 11.3 Å². The van der Waals surface area contributed by atoms with Crippen LogP contribution in [0.1, 0.15) is 18.2 Å². The lowest BCUT2D eigenvalue weighted by Crippen LogP contribution is -2.04. The monoisotopic (exact) mass is 289 g/mol. The molecule has 6 nitrogen and oxygen atoms in total. The van der Waals surface area contributed by atoms with Crippen molar-refractivity contribution in [3.63, 3.8) is 0 Å². The van der Waals surface area contributed by atoms with Gasteiger partial charge in [0, 0.05) is 18.3 Å². The van der Waals surface area contributed by atoms with E-state index in [4.69, 9.17) is 4.74 Å². The highest BCUT2D eigenvalue weighted by Crippen LogP contribution is 2.21. The third-order valence-electron chi connectivity index (χ3n) is 2.72. The minimum atomic E-state index is 0.606. The van der Waals surface area contributed by atoms with E-state index in [1.165, 1.54) is 11.3 Å². The fraction of sp³-hybridized carbons (Fsp3) is 0.308. The molecule has 7 heteroatoms. The molecule has 0 aliphatic heterocycles. The summed E-state index contributed by atoms with van der Waals surface area (Å²) in [6.45, 7) is 5.13. The van der Waals surface area contributed by atoms with Crippen LogP contribution in [0.3, 0.4) is 0 Å². The zero-order chi connectivity index (χ0) is 13.9. The van der Waals surface area contributed by atoms with Gasteiger partial charge in [0.15, 0.2) is 0 Å². The molecule has 1 N–H and O–H groups in total. The molecule has 0 saturated heterocycles. The summed E-state index contributed by atoms with van der Waals surface area (Å²) in [4.78, 5) is 9.50. The van der Waals surface area contributed by atoms with Gasteiger partial charge in [-0.25, -0.2) is 14.5 Å². The Morgan fingerprint density at radius 3 is 3.15 bits per heavy atom. The molecule has 0 atom stereocenters. The van der Waals surface area contributed by atoms with E-state index in [0.717, 1.165) is 21.3 Å². The highest BCUT2D eigenvalue weighted by molar-refractivity contribution is 7.20. The van der Waals surface area contributed by atoms with Gasteiger partial charge >= 0.3 is 0 Å². The Labute approximate surface area is 120 Å². The lowest BCUT2D eigenvalue weighted by atomic mass is 10.3. The van der Waals surface area contributed by atoms with Gasteiger partial charge in [0.2, 0.25) is 16.0 Å². The van der Waals surface area contributed by atoms with E-state index in [-0.39, 0.29) is 0 Å². The summed E-state index contributed by atoms with van der Waals surface area (Å²) in [5.74, 6) is 0.666. The van der Waals surface area contributed by atoms with Crippen molar-refractivity contribution >= 4 is 21.4 Å². The number of nitrogens with one attached hydrogen (secondary N) is 1. The average Bonchev–Trinajstić information content (AvgIpc) is 2.95. The fourth-order valence-corrected chi connectivity index (χ4v) is 2.70. The summed E-state index contributed by atoms with van der Waals surface area (Å²) in [6.07, 6.45) is 3.64. The molecular formula is C13H15N5OS. The third-order valence-corrected chi connectivity index (χ3v) is 3.60. The maximum Gasteiger partial charge on any atom is 0.218 e. The Morgan fingerprint density at radius 1 is 1.45 bits per heavy atom. The molecule has 0 aromatic carbocycles. The Kier molecular flexibility index (Phi) is 3.51. The molecule has 0 radical (unpaired) electrons. The maximum atomic E-state index is 5.50. The Hall–Kier alpha value is -2.15. The number of fused-ring (bicyclic) bond motifs is 1. The van der Waals surface area contributed by atoms with E-state index in [1.807, 2.05) is 32.2 Å². The maximum absolute atomic E-state index is 5.50. The van der Waals surface area contributed by atoms with Gasteiger partial charge in [-0.3, -0.25) is 0 Å². The highest BCUT2D eigenvalue weighted by atomic mass is 32.1. The van der Waals surface area contributed by atoms with E-state index < -0.39 is 0 Å². The van der Waals surface area contributed by atoms with E-state index in [1.54, 1.807) is 10.7 Å². The molecule has 0 fully saturated rings. The predicted octanol–water partition coefficient (Wildman–Crippen LogP) is 2.51. The molecule has 3 heterocycles. The summed E-state index contributed by atoms with van der Waals surface area (Å²) in [7, 11) is 0. The quantitative estimate of drug-likeness (QED) is 0.782. The van der Waals surface area contributed by atoms with Crippen molar-refractivity contribution in [2.24, 2.45) is 0 Å². The number of rotatable bonds is 5. The molecular weight excluding hydrogens is 274 g/mol. The Bertz CT molecular complexity index is 689. The molecule has 3 aromatic heterocycles. The molecule has 3 rings (SSSR count). The molecule has 0 unspecified atom stereocenters. The zero-order valence-electron chi connectivity index (χ0n) is 11.3. The van der Waals surface area contributed by atoms with Crippen molar-refractivity contribution in [1.82, 2.24) is 19.6 Å². The van der Waals surface area contributed by atoms with Crippen LogP contribution in [0.15, 0.2) is 24.5 Å². The molecule has 3 aromatic rings. The van der Waals surface area contributed by atoms with Crippen LogP contribution in [-0.4, -0.2) is 26.2 Å². The van der Waals surface area contributed by atoms with Gasteiger partial charge in [0.25, 0.3) is 0 Å². The van der Waals surface area contributed by atoms with Gasteiger partial charge in [-0.1, -0.05) is 17.4 Å². The molecule has 20 heavy (non-hydrogen) atoms. The minimum Gasteiger partial charge on any atom is -0.478 e. The lowest BCUT2D eigenvalue weighted by molar-refractivity contribution is 0.323. The molecule has 104 valence electrons. The van der Waals surface area contributed by atoms with Crippen LogP contribution in [0.2, 0.25) is 0 Å². The number of anilines is 1. The smallest absolute Gasteiger partial charge is 0.218 e. The largest absolute Gasteiger partial charge is 0.478 e. The first-order valence-electron chi connectivity index (χ1n) is 6.39. The number of hydrogen-bond acceptors (Lipinski definition) is 6. The number of hydrogen-bond donors (Lipinski definition) is 1. The zero-order valence-corrected chi connectivity index (χ0v) is 12.1. The second-order valence-electron chi connectivity index (χ2n) is 4.27. The van der Waals surface area contributed by atoms with Crippen molar-refractivity contribution < 1.29 is 4.74 Å². The van der Waals surface area contributed by atoms with Gasteiger partial charge in [0.1, 0.15) is 0 Å². The van der Waals surface area contributed by atoms with E-state index in [2.05, 4.69) is 20.4 Å². The molecule has 0 spiro atoms. The highest BCUT2D eigenvalue weighted by Gasteiger charge is 2.08.